The van der Waals surface area contributed by atoms with E-state index in [0.717, 1.165) is 42.4 Å². The second-order valence-corrected chi connectivity index (χ2v) is 8.11. The Labute approximate surface area is 192 Å². The van der Waals surface area contributed by atoms with E-state index in [9.17, 15) is 13.6 Å². The normalized spacial score (nSPS) is 13.8. The molecule has 10 heteroatoms. The molecule has 1 aliphatic heterocycles. The molecular weight excluding hydrogens is 427 g/mol. The molecule has 0 radical (unpaired) electrons. The van der Waals surface area contributed by atoms with E-state index >= 15 is 0 Å². The van der Waals surface area contributed by atoms with Gasteiger partial charge in [0.25, 0.3) is 0 Å². The molecule has 2 aromatic carbocycles. The number of hydrogen-bond acceptors (Lipinski definition) is 4. The van der Waals surface area contributed by atoms with Crippen molar-refractivity contribution in [1.82, 2.24) is 14.7 Å². The van der Waals surface area contributed by atoms with Crippen LogP contribution in [-0.4, -0.2) is 54.8 Å². The van der Waals surface area contributed by atoms with Crippen molar-refractivity contribution in [2.45, 2.75) is 12.8 Å². The van der Waals surface area contributed by atoms with Crippen molar-refractivity contribution >= 4 is 30.7 Å². The number of ether oxygens (including phenoxy) is 1. The van der Waals surface area contributed by atoms with Crippen LogP contribution in [0.25, 0.3) is 11.3 Å². The first kappa shape index (κ1) is 22.8. The predicted molar refractivity (Wildman–Crippen MR) is 127 cm³/mol. The zero-order valence-corrected chi connectivity index (χ0v) is 18.7. The minimum absolute atomic E-state index is 0.113. The number of nitrogens with one attached hydrogen (secondary N) is 2. The highest BCUT2D eigenvalue weighted by Gasteiger charge is 2.17. The second kappa shape index (κ2) is 10.0. The van der Waals surface area contributed by atoms with E-state index < -0.39 is 17.7 Å². The fourth-order valence-electron chi connectivity index (χ4n) is 4.02. The number of benzene rings is 2. The largest absolute Gasteiger partial charge is 0.492 e. The third kappa shape index (κ3) is 5.51. The third-order valence-corrected chi connectivity index (χ3v) is 5.66. The Hall–Kier alpha value is -3.40. The van der Waals surface area contributed by atoms with Crippen molar-refractivity contribution in [3.8, 4) is 17.0 Å². The van der Waals surface area contributed by atoms with Crippen LogP contribution in [0, 0.1) is 11.6 Å². The molecule has 172 valence electrons. The topological polar surface area (TPSA) is 71.4 Å². The number of likely N-dealkylation sites (tertiary alicyclic amines) is 1. The van der Waals surface area contributed by atoms with Gasteiger partial charge in [-0.3, -0.25) is 9.58 Å². The number of urea groups is 1. The summed E-state index contributed by atoms with van der Waals surface area (Å²) in [6.07, 6.45) is 4.22. The second-order valence-electron chi connectivity index (χ2n) is 8.11. The molecule has 33 heavy (non-hydrogen) atoms. The van der Waals surface area contributed by atoms with Crippen molar-refractivity contribution in [3.05, 3.63) is 54.2 Å². The van der Waals surface area contributed by atoms with Gasteiger partial charge in [0.15, 0.2) is 0 Å². The Bertz CT molecular complexity index is 1130. The van der Waals surface area contributed by atoms with E-state index in [2.05, 4.69) is 20.6 Å². The van der Waals surface area contributed by atoms with Gasteiger partial charge >= 0.3 is 6.03 Å². The summed E-state index contributed by atoms with van der Waals surface area (Å²) in [6, 6.07) is 7.65. The summed E-state index contributed by atoms with van der Waals surface area (Å²) in [5.41, 5.74) is 3.02. The van der Waals surface area contributed by atoms with E-state index in [1.54, 1.807) is 29.1 Å². The molecule has 0 bridgehead atoms. The van der Waals surface area contributed by atoms with Crippen molar-refractivity contribution in [2.24, 2.45) is 7.05 Å². The molecule has 1 saturated heterocycles. The first-order valence-electron chi connectivity index (χ1n) is 10.9. The highest BCUT2D eigenvalue weighted by Crippen LogP contribution is 2.32. The Morgan fingerprint density at radius 3 is 2.64 bits per heavy atom. The molecule has 0 unspecified atom stereocenters. The summed E-state index contributed by atoms with van der Waals surface area (Å²) in [6.45, 7) is 3.61. The van der Waals surface area contributed by atoms with Crippen molar-refractivity contribution in [1.29, 1.82) is 0 Å². The van der Waals surface area contributed by atoms with Gasteiger partial charge in [-0.05, 0) is 61.7 Å². The van der Waals surface area contributed by atoms with E-state index in [-0.39, 0.29) is 5.69 Å². The average Bonchev–Trinajstić information content (AvgIpc) is 3.41. The fraction of sp³-hybridized carbons (Fsp3) is 0.304. The minimum atomic E-state index is -0.849. The summed E-state index contributed by atoms with van der Waals surface area (Å²) in [7, 11) is 3.81. The molecule has 0 saturated carbocycles. The summed E-state index contributed by atoms with van der Waals surface area (Å²) >= 11 is 0. The van der Waals surface area contributed by atoms with Crippen molar-refractivity contribution in [2.75, 3.05) is 36.9 Å². The first-order chi connectivity index (χ1) is 15.9. The Kier molecular flexibility index (Phi) is 6.93. The molecule has 0 spiro atoms. The van der Waals surface area contributed by atoms with E-state index in [4.69, 9.17) is 4.74 Å². The van der Waals surface area contributed by atoms with Gasteiger partial charge in [-0.25, -0.2) is 13.6 Å². The number of aromatic nitrogens is 2. The maximum Gasteiger partial charge on any atom is 0.323 e. The van der Waals surface area contributed by atoms with Crippen LogP contribution in [0.5, 0.6) is 5.75 Å². The van der Waals surface area contributed by atoms with Gasteiger partial charge < -0.3 is 15.4 Å². The van der Waals surface area contributed by atoms with Gasteiger partial charge in [0.05, 0.1) is 11.4 Å². The van der Waals surface area contributed by atoms with Crippen molar-refractivity contribution in [3.63, 3.8) is 0 Å². The number of carbonyl (C=O) groups excluding carboxylic acids is 1. The Morgan fingerprint density at radius 2 is 1.94 bits per heavy atom. The van der Waals surface area contributed by atoms with Crippen LogP contribution >= 0.6 is 0 Å². The summed E-state index contributed by atoms with van der Waals surface area (Å²) in [5, 5.41) is 9.42. The van der Waals surface area contributed by atoms with Gasteiger partial charge in [-0.1, -0.05) is 0 Å². The Balaban J connectivity index is 1.52. The van der Waals surface area contributed by atoms with E-state index in [1.165, 1.54) is 18.9 Å². The van der Waals surface area contributed by atoms with Gasteiger partial charge in [-0.2, -0.15) is 5.10 Å². The molecule has 1 aromatic heterocycles. The maximum atomic E-state index is 13.9. The van der Waals surface area contributed by atoms with Crippen LogP contribution in [0.4, 0.5) is 25.0 Å². The highest BCUT2D eigenvalue weighted by molar-refractivity contribution is 6.35. The van der Waals surface area contributed by atoms with E-state index in [0.29, 0.717) is 24.1 Å². The lowest BCUT2D eigenvalue weighted by Gasteiger charge is -2.18. The monoisotopic (exact) mass is 453 g/mol. The van der Waals surface area contributed by atoms with Crippen LogP contribution < -0.4 is 20.8 Å². The third-order valence-electron chi connectivity index (χ3n) is 5.66. The lowest BCUT2D eigenvalue weighted by Crippen LogP contribution is -2.25. The fourth-order valence-corrected chi connectivity index (χ4v) is 4.02. The Morgan fingerprint density at radius 1 is 1.15 bits per heavy atom. The lowest BCUT2D eigenvalue weighted by molar-refractivity contribution is 0.238. The number of halogens is 2. The van der Waals surface area contributed by atoms with Gasteiger partial charge in [0.2, 0.25) is 0 Å². The van der Waals surface area contributed by atoms with Crippen LogP contribution in [0.15, 0.2) is 42.6 Å². The molecule has 1 aliphatic rings. The number of aryl methyl sites for hydroxylation is 1. The van der Waals surface area contributed by atoms with Gasteiger partial charge in [0.1, 0.15) is 31.8 Å². The summed E-state index contributed by atoms with van der Waals surface area (Å²) in [4.78, 5) is 14.8. The maximum absolute atomic E-state index is 13.9. The standard InChI is InChI=1S/C23H26BF2N5O2/c1-30-22(18(24)14-27-30)17-13-16(5-7-21(17)33-11-10-31-8-2-3-9-31)28-23(32)29-20-6-4-15(25)12-19(20)26/h4-7,12-14H,2-3,8-11,24H2,1H3,(H2,28,29,32). The zero-order valence-electron chi connectivity index (χ0n) is 18.7. The number of nitrogens with zero attached hydrogens (tertiary/aromatic N) is 3. The van der Waals surface area contributed by atoms with Gasteiger partial charge in [0, 0.05) is 37.1 Å². The molecule has 2 heterocycles. The summed E-state index contributed by atoms with van der Waals surface area (Å²) < 4.78 is 34.8. The molecule has 0 atom stereocenters. The SMILES string of the molecule is Bc1cnn(C)c1-c1cc(NC(=O)Nc2ccc(F)cc2F)ccc1OCCN1CCCC1. The molecule has 1 fully saturated rings. The average molecular weight is 453 g/mol. The number of anilines is 2. The highest BCUT2D eigenvalue weighted by atomic mass is 19.1. The minimum Gasteiger partial charge on any atom is -0.492 e. The quantitative estimate of drug-likeness (QED) is 0.540. The smallest absolute Gasteiger partial charge is 0.323 e. The number of amides is 2. The number of carbonyl (C=O) groups is 1. The lowest BCUT2D eigenvalue weighted by atomic mass is 9.93. The molecule has 0 aliphatic carbocycles. The molecule has 2 N–H and O–H groups in total. The zero-order chi connectivity index (χ0) is 23.4. The van der Waals surface area contributed by atoms with Crippen LogP contribution in [0.3, 0.4) is 0 Å². The summed E-state index contributed by atoms with van der Waals surface area (Å²) in [5.74, 6) is -0.871. The molecule has 3 aromatic rings. The molecule has 2 amide bonds. The predicted octanol–water partition coefficient (Wildman–Crippen LogP) is 2.74. The van der Waals surface area contributed by atoms with Crippen LogP contribution in [0.1, 0.15) is 12.8 Å². The van der Waals surface area contributed by atoms with Crippen molar-refractivity contribution < 1.29 is 18.3 Å². The molecular formula is C23H26BF2N5O2. The van der Waals surface area contributed by atoms with Gasteiger partial charge in [-0.15, -0.1) is 0 Å². The van der Waals surface area contributed by atoms with Crippen LogP contribution in [0.2, 0.25) is 0 Å². The van der Waals surface area contributed by atoms with E-state index in [1.807, 2.05) is 14.9 Å². The van der Waals surface area contributed by atoms with Crippen LogP contribution in [-0.2, 0) is 7.05 Å². The number of rotatable bonds is 7. The molecule has 7 nitrogen and oxygen atoms in total. The first-order valence-corrected chi connectivity index (χ1v) is 10.9. The molecule has 4 rings (SSSR count). The number of hydrogen-bond donors (Lipinski definition) is 2.